The summed E-state index contributed by atoms with van der Waals surface area (Å²) in [6.07, 6.45) is 1.47. The Kier molecular flexibility index (Phi) is 3.89. The van der Waals surface area contributed by atoms with Crippen molar-refractivity contribution in [1.82, 2.24) is 20.2 Å². The third kappa shape index (κ3) is 2.96. The topological polar surface area (TPSA) is 69.9 Å². The highest BCUT2D eigenvalue weighted by Crippen LogP contribution is 2.26. The summed E-state index contributed by atoms with van der Waals surface area (Å²) in [7, 11) is 0. The Morgan fingerprint density at radius 2 is 1.87 bits per heavy atom. The van der Waals surface area contributed by atoms with Crippen molar-refractivity contribution in [3.05, 3.63) is 65.0 Å². The van der Waals surface area contributed by atoms with Crippen molar-refractivity contribution in [3.63, 3.8) is 0 Å². The molecule has 0 N–H and O–H groups in total. The van der Waals surface area contributed by atoms with Gasteiger partial charge in [0, 0.05) is 0 Å². The van der Waals surface area contributed by atoms with E-state index in [2.05, 4.69) is 15.5 Å². The van der Waals surface area contributed by atoms with Crippen LogP contribution in [0.4, 0.5) is 0 Å². The molecule has 0 aliphatic carbocycles. The number of carbonyl (C=O) groups is 1. The minimum Gasteiger partial charge on any atom is -0.422 e. The lowest BCUT2D eigenvalue weighted by molar-refractivity contribution is 0.0732. The number of benzene rings is 2. The van der Waals surface area contributed by atoms with Crippen molar-refractivity contribution < 1.29 is 9.53 Å². The van der Waals surface area contributed by atoms with Gasteiger partial charge in [-0.2, -0.15) is 0 Å². The second-order valence-electron chi connectivity index (χ2n) is 5.35. The first-order chi connectivity index (χ1) is 11.1. The molecule has 0 aliphatic rings. The summed E-state index contributed by atoms with van der Waals surface area (Å²) in [6.45, 7) is 5.86. The fraction of sp³-hybridized carbons (Fsp3) is 0.176. The normalized spacial score (nSPS) is 10.6. The minimum absolute atomic E-state index is 0.406. The van der Waals surface area contributed by atoms with Crippen LogP contribution >= 0.6 is 0 Å². The Balaban J connectivity index is 1.90. The second kappa shape index (κ2) is 6.00. The van der Waals surface area contributed by atoms with Crippen molar-refractivity contribution in [1.29, 1.82) is 0 Å². The van der Waals surface area contributed by atoms with Crippen LogP contribution in [-0.2, 0) is 0 Å². The Labute approximate surface area is 133 Å². The summed E-state index contributed by atoms with van der Waals surface area (Å²) < 4.78 is 7.10. The average Bonchev–Trinajstić information content (AvgIpc) is 3.10. The van der Waals surface area contributed by atoms with Gasteiger partial charge in [0.1, 0.15) is 12.1 Å². The molecule has 2 aromatic carbocycles. The lowest BCUT2D eigenvalue weighted by atomic mass is 10.1. The molecule has 0 bridgehead atoms. The van der Waals surface area contributed by atoms with Crippen molar-refractivity contribution in [2.24, 2.45) is 0 Å². The number of esters is 1. The molecule has 116 valence electrons. The van der Waals surface area contributed by atoms with E-state index in [0.29, 0.717) is 17.0 Å². The molecular formula is C17H16N4O2. The molecule has 0 amide bonds. The number of hydrogen-bond acceptors (Lipinski definition) is 5. The summed E-state index contributed by atoms with van der Waals surface area (Å²) in [5, 5.41) is 11.0. The van der Waals surface area contributed by atoms with Gasteiger partial charge < -0.3 is 4.74 Å². The first kappa shape index (κ1) is 14.9. The fourth-order valence-corrected chi connectivity index (χ4v) is 2.29. The maximum Gasteiger partial charge on any atom is 0.343 e. The maximum absolute atomic E-state index is 12.5. The van der Waals surface area contributed by atoms with Crippen LogP contribution in [0.3, 0.4) is 0 Å². The van der Waals surface area contributed by atoms with E-state index >= 15 is 0 Å². The molecule has 23 heavy (non-hydrogen) atoms. The van der Waals surface area contributed by atoms with Crippen LogP contribution in [-0.4, -0.2) is 26.2 Å². The molecule has 0 saturated carbocycles. The Hall–Kier alpha value is -3.02. The molecule has 6 heteroatoms. The molecule has 0 saturated heterocycles. The summed E-state index contributed by atoms with van der Waals surface area (Å²) in [4.78, 5) is 12.5. The van der Waals surface area contributed by atoms with E-state index in [0.717, 1.165) is 16.7 Å². The highest BCUT2D eigenvalue weighted by Gasteiger charge is 2.14. The van der Waals surface area contributed by atoms with Crippen LogP contribution in [0.25, 0.3) is 5.69 Å². The molecule has 0 unspecified atom stereocenters. The number of rotatable bonds is 3. The second-order valence-corrected chi connectivity index (χ2v) is 5.35. The van der Waals surface area contributed by atoms with Gasteiger partial charge in [0.25, 0.3) is 0 Å². The van der Waals surface area contributed by atoms with E-state index in [1.807, 2.05) is 39.0 Å². The predicted octanol–water partition coefficient (Wildman–Crippen LogP) is 2.81. The Bertz CT molecular complexity index is 857. The largest absolute Gasteiger partial charge is 0.422 e. The predicted molar refractivity (Wildman–Crippen MR) is 84.8 cm³/mol. The van der Waals surface area contributed by atoms with Gasteiger partial charge in [-0.3, -0.25) is 0 Å². The van der Waals surface area contributed by atoms with Gasteiger partial charge in [0.15, 0.2) is 0 Å². The molecule has 0 atom stereocenters. The monoisotopic (exact) mass is 308 g/mol. The van der Waals surface area contributed by atoms with Crippen LogP contribution in [0.2, 0.25) is 0 Å². The zero-order chi connectivity index (χ0) is 16.4. The first-order valence-corrected chi connectivity index (χ1v) is 7.18. The Morgan fingerprint density at radius 3 is 2.61 bits per heavy atom. The van der Waals surface area contributed by atoms with Crippen LogP contribution in [0.1, 0.15) is 27.0 Å². The van der Waals surface area contributed by atoms with Gasteiger partial charge in [-0.05, 0) is 66.1 Å². The number of ether oxygens (including phenoxy) is 1. The number of aromatic nitrogens is 4. The quantitative estimate of drug-likeness (QED) is 0.549. The van der Waals surface area contributed by atoms with Crippen molar-refractivity contribution >= 4 is 5.97 Å². The lowest BCUT2D eigenvalue weighted by Crippen LogP contribution is -2.11. The van der Waals surface area contributed by atoms with Gasteiger partial charge in [-0.15, -0.1) is 5.10 Å². The molecule has 0 fully saturated rings. The standard InChI is InChI=1S/C17H16N4O2/c1-11-7-8-12(2)16(13(11)3)23-17(22)14-5-4-6-15(9-14)21-10-18-19-20-21/h4-10H,1-3H3. The third-order valence-corrected chi connectivity index (χ3v) is 3.76. The summed E-state index contributed by atoms with van der Waals surface area (Å²) in [6, 6.07) is 10.9. The first-order valence-electron chi connectivity index (χ1n) is 7.18. The summed E-state index contributed by atoms with van der Waals surface area (Å²) in [5.74, 6) is 0.208. The van der Waals surface area contributed by atoms with Crippen molar-refractivity contribution in [2.45, 2.75) is 20.8 Å². The van der Waals surface area contributed by atoms with E-state index < -0.39 is 5.97 Å². The smallest absolute Gasteiger partial charge is 0.343 e. The Morgan fingerprint density at radius 1 is 1.09 bits per heavy atom. The molecular weight excluding hydrogens is 292 g/mol. The molecule has 3 aromatic rings. The van der Waals surface area contributed by atoms with E-state index in [1.165, 1.54) is 11.0 Å². The number of tetrazole rings is 1. The fourth-order valence-electron chi connectivity index (χ4n) is 2.29. The van der Waals surface area contributed by atoms with Gasteiger partial charge in [0.05, 0.1) is 11.3 Å². The molecule has 0 aliphatic heterocycles. The minimum atomic E-state index is -0.406. The van der Waals surface area contributed by atoms with Crippen LogP contribution in [0, 0.1) is 20.8 Å². The number of carbonyl (C=O) groups excluding carboxylic acids is 1. The van der Waals surface area contributed by atoms with E-state index in [1.54, 1.807) is 18.2 Å². The lowest BCUT2D eigenvalue weighted by Gasteiger charge is -2.12. The van der Waals surface area contributed by atoms with E-state index in [9.17, 15) is 4.79 Å². The van der Waals surface area contributed by atoms with Gasteiger partial charge in [-0.25, -0.2) is 9.48 Å². The molecule has 0 spiro atoms. The van der Waals surface area contributed by atoms with E-state index in [4.69, 9.17) is 4.74 Å². The van der Waals surface area contributed by atoms with Gasteiger partial charge in [-0.1, -0.05) is 18.2 Å². The van der Waals surface area contributed by atoms with Crippen LogP contribution in [0.5, 0.6) is 5.75 Å². The molecule has 6 nitrogen and oxygen atoms in total. The summed E-state index contributed by atoms with van der Waals surface area (Å²) in [5.41, 5.74) is 4.12. The zero-order valence-electron chi connectivity index (χ0n) is 13.1. The molecule has 1 aromatic heterocycles. The number of aryl methyl sites for hydroxylation is 2. The average molecular weight is 308 g/mol. The van der Waals surface area contributed by atoms with Gasteiger partial charge >= 0.3 is 5.97 Å². The van der Waals surface area contributed by atoms with Crippen molar-refractivity contribution in [2.75, 3.05) is 0 Å². The highest BCUT2D eigenvalue weighted by molar-refractivity contribution is 5.92. The van der Waals surface area contributed by atoms with Crippen LogP contribution in [0.15, 0.2) is 42.7 Å². The SMILES string of the molecule is Cc1ccc(C)c(OC(=O)c2cccc(-n3cnnn3)c2)c1C. The van der Waals surface area contributed by atoms with E-state index in [-0.39, 0.29) is 0 Å². The zero-order valence-corrected chi connectivity index (χ0v) is 13.1. The molecule has 0 radical (unpaired) electrons. The number of nitrogens with zero attached hydrogens (tertiary/aromatic N) is 4. The third-order valence-electron chi connectivity index (χ3n) is 3.76. The van der Waals surface area contributed by atoms with Gasteiger partial charge in [0.2, 0.25) is 0 Å². The highest BCUT2D eigenvalue weighted by atomic mass is 16.5. The maximum atomic E-state index is 12.5. The molecule has 3 rings (SSSR count). The van der Waals surface area contributed by atoms with Crippen LogP contribution < -0.4 is 4.74 Å². The molecule has 1 heterocycles. The number of hydrogen-bond donors (Lipinski definition) is 0. The van der Waals surface area contributed by atoms with Crippen molar-refractivity contribution in [3.8, 4) is 11.4 Å². The summed E-state index contributed by atoms with van der Waals surface area (Å²) >= 11 is 0.